The molecule has 7 heteroatoms. The third-order valence-electron chi connectivity index (χ3n) is 10.6. The third-order valence-corrected chi connectivity index (χ3v) is 11.6. The number of rotatable bonds is 4. The molecular weight excluding hydrogens is 542 g/mol. The van der Waals surface area contributed by atoms with Crippen LogP contribution in [0.5, 0.6) is 0 Å². The van der Waals surface area contributed by atoms with E-state index in [9.17, 15) is 15.0 Å². The van der Waals surface area contributed by atoms with Gasteiger partial charge < -0.3 is 20.0 Å². The smallest absolute Gasteiger partial charge is 0.203 e. The van der Waals surface area contributed by atoms with Gasteiger partial charge in [0.2, 0.25) is 5.78 Å². The maximum absolute atomic E-state index is 14.1. The molecule has 0 amide bonds. The van der Waals surface area contributed by atoms with E-state index in [1.807, 2.05) is 25.1 Å². The summed E-state index contributed by atoms with van der Waals surface area (Å²) >= 11 is 1.54. The van der Waals surface area contributed by atoms with Gasteiger partial charge in [0.05, 0.1) is 23.1 Å². The number of hydrogen-bond donors (Lipinski definition) is 2. The highest BCUT2D eigenvalue weighted by Crippen LogP contribution is 2.59. The predicted octanol–water partition coefficient (Wildman–Crippen LogP) is 6.09. The second kappa shape index (κ2) is 11.9. The zero-order chi connectivity index (χ0) is 29.5. The van der Waals surface area contributed by atoms with Gasteiger partial charge in [-0.1, -0.05) is 30.7 Å². The number of aryl methyl sites for hydroxylation is 1. The molecular formula is C35H47N3O3S. The number of benzene rings is 1. The fourth-order valence-corrected chi connectivity index (χ4v) is 8.88. The Kier molecular flexibility index (Phi) is 8.38. The molecule has 2 bridgehead atoms. The van der Waals surface area contributed by atoms with Crippen molar-refractivity contribution >= 4 is 23.1 Å². The van der Waals surface area contributed by atoms with Gasteiger partial charge in [-0.25, -0.2) is 0 Å². The molecule has 1 aromatic carbocycles. The summed E-state index contributed by atoms with van der Waals surface area (Å²) in [5.74, 6) is 1.17. The highest BCUT2D eigenvalue weighted by Gasteiger charge is 2.57. The topological polar surface area (TPSA) is 76.4 Å². The van der Waals surface area contributed by atoms with Gasteiger partial charge in [0.15, 0.2) is 5.96 Å². The number of nitrogens with zero attached hydrogens (tertiary/aromatic N) is 3. The zero-order valence-corrected chi connectivity index (χ0v) is 26.4. The van der Waals surface area contributed by atoms with Crippen molar-refractivity contribution in [3.05, 3.63) is 68.4 Å². The molecule has 2 fully saturated rings. The lowest BCUT2D eigenvalue weighted by Gasteiger charge is -2.49. The quantitative estimate of drug-likeness (QED) is 0.333. The molecule has 226 valence electrons. The van der Waals surface area contributed by atoms with Gasteiger partial charge in [-0.05, 0) is 107 Å². The van der Waals surface area contributed by atoms with Gasteiger partial charge in [-0.2, -0.15) is 0 Å². The highest BCUT2D eigenvalue weighted by molar-refractivity contribution is 7.14. The lowest BCUT2D eigenvalue weighted by Crippen LogP contribution is -2.59. The van der Waals surface area contributed by atoms with Crippen molar-refractivity contribution in [2.24, 2.45) is 10.4 Å². The predicted molar refractivity (Wildman–Crippen MR) is 171 cm³/mol. The van der Waals surface area contributed by atoms with Crippen LogP contribution >= 0.6 is 11.3 Å². The Bertz CT molecular complexity index is 1380. The van der Waals surface area contributed by atoms with Crippen molar-refractivity contribution in [3.63, 3.8) is 0 Å². The Morgan fingerprint density at radius 1 is 1.10 bits per heavy atom. The normalized spacial score (nSPS) is 30.3. The molecule has 42 heavy (non-hydrogen) atoms. The van der Waals surface area contributed by atoms with E-state index < -0.39 is 17.1 Å². The second-order valence-corrected chi connectivity index (χ2v) is 14.8. The number of fused-ring (bicyclic) bond motifs is 9. The molecule has 4 unspecified atom stereocenters. The maximum Gasteiger partial charge on any atom is 0.203 e. The molecule has 7 rings (SSSR count). The zero-order valence-electron chi connectivity index (χ0n) is 25.6. The van der Waals surface area contributed by atoms with Crippen molar-refractivity contribution < 1.29 is 15.0 Å². The van der Waals surface area contributed by atoms with E-state index in [0.717, 1.165) is 97.1 Å². The van der Waals surface area contributed by atoms with E-state index in [2.05, 4.69) is 41.9 Å². The Morgan fingerprint density at radius 3 is 2.74 bits per heavy atom. The fourth-order valence-electron chi connectivity index (χ4n) is 8.06. The number of aliphatic hydroxyl groups is 2. The first-order valence-electron chi connectivity index (χ1n) is 16.0. The third kappa shape index (κ3) is 5.60. The molecule has 1 saturated heterocycles. The lowest BCUT2D eigenvalue weighted by molar-refractivity contribution is -0.0772. The summed E-state index contributed by atoms with van der Waals surface area (Å²) in [6.07, 6.45) is 9.40. The first-order chi connectivity index (χ1) is 20.2. The van der Waals surface area contributed by atoms with E-state index in [1.54, 1.807) is 11.3 Å². The summed E-state index contributed by atoms with van der Waals surface area (Å²) in [6, 6.07) is 10.3. The van der Waals surface area contributed by atoms with Crippen molar-refractivity contribution in [3.8, 4) is 0 Å². The van der Waals surface area contributed by atoms with Crippen LogP contribution in [0.3, 0.4) is 0 Å². The standard InChI is InChI=1S/C35H47N3O3S/c1-24-7-4-15-34(3)30(14-16-35(34,41)23-38-20-6-19-37-18-5-17-36-33(37)38)28-12-10-26(21-27(39)11-8-24)22-29(28)32(40)31-13-9-25(2)42-31/h7,9-10,12-13,22,27,30,39,41H,4-6,8,11,14-21,23H2,1-3H3. The van der Waals surface area contributed by atoms with E-state index >= 15 is 0 Å². The number of guanidine groups is 1. The van der Waals surface area contributed by atoms with Crippen LogP contribution in [0.2, 0.25) is 0 Å². The van der Waals surface area contributed by atoms with Gasteiger partial charge in [-0.3, -0.25) is 9.79 Å². The van der Waals surface area contributed by atoms with Crippen molar-refractivity contribution in [2.45, 2.75) is 96.2 Å². The summed E-state index contributed by atoms with van der Waals surface area (Å²) in [7, 11) is 0. The monoisotopic (exact) mass is 589 g/mol. The molecule has 0 radical (unpaired) electrons. The highest BCUT2D eigenvalue weighted by atomic mass is 32.1. The van der Waals surface area contributed by atoms with Crippen LogP contribution in [0.25, 0.3) is 0 Å². The minimum Gasteiger partial charge on any atom is -0.393 e. The number of hydrogen-bond acceptors (Lipinski definition) is 7. The van der Waals surface area contributed by atoms with Crippen LogP contribution in [0.4, 0.5) is 0 Å². The number of carbonyl (C=O) groups excluding carboxylic acids is 1. The minimum atomic E-state index is -0.909. The van der Waals surface area contributed by atoms with Crippen molar-refractivity contribution in [2.75, 3.05) is 32.7 Å². The average Bonchev–Trinajstić information content (AvgIpc) is 3.52. The van der Waals surface area contributed by atoms with Crippen LogP contribution in [0, 0.1) is 12.3 Å². The summed E-state index contributed by atoms with van der Waals surface area (Å²) in [5.41, 5.74) is 2.76. The van der Waals surface area contributed by atoms with E-state index in [4.69, 9.17) is 4.99 Å². The molecule has 4 atom stereocenters. The molecule has 0 spiro atoms. The lowest BCUT2D eigenvalue weighted by atomic mass is 9.64. The number of ketones is 1. The number of allylic oxidation sites excluding steroid dienone is 2. The number of thiophene rings is 1. The Labute approximate surface area is 255 Å². The number of carbonyl (C=O) groups is 1. The molecule has 2 aliphatic heterocycles. The van der Waals surface area contributed by atoms with Gasteiger partial charge in [0, 0.05) is 42.0 Å². The van der Waals surface area contributed by atoms with Crippen LogP contribution < -0.4 is 0 Å². The van der Waals surface area contributed by atoms with Crippen molar-refractivity contribution in [1.29, 1.82) is 0 Å². The molecule has 2 aromatic rings. The first-order valence-corrected chi connectivity index (χ1v) is 16.8. The Hall–Kier alpha value is -2.48. The first kappa shape index (κ1) is 29.6. The molecule has 1 saturated carbocycles. The largest absolute Gasteiger partial charge is 0.393 e. The van der Waals surface area contributed by atoms with Gasteiger partial charge in [0.1, 0.15) is 0 Å². The SMILES string of the molecule is CC1=CCCC2(C)C(CCC2(O)CN2CCCN3CCCN=C32)c2ccc(cc2C(=O)c2ccc(C)s2)CC(O)CC1. The Morgan fingerprint density at radius 2 is 1.93 bits per heavy atom. The van der Waals surface area contributed by atoms with Crippen LogP contribution in [0.1, 0.15) is 102 Å². The molecule has 3 heterocycles. The maximum atomic E-state index is 14.1. The summed E-state index contributed by atoms with van der Waals surface area (Å²) in [6.45, 7) is 10.9. The summed E-state index contributed by atoms with van der Waals surface area (Å²) < 4.78 is 0. The van der Waals surface area contributed by atoms with Crippen LogP contribution in [-0.4, -0.2) is 76.2 Å². The van der Waals surface area contributed by atoms with Gasteiger partial charge in [0.25, 0.3) is 0 Å². The van der Waals surface area contributed by atoms with E-state index in [0.29, 0.717) is 25.8 Å². The molecule has 3 aliphatic carbocycles. The van der Waals surface area contributed by atoms with E-state index in [-0.39, 0.29) is 11.7 Å². The molecule has 6 nitrogen and oxygen atoms in total. The Balaban J connectivity index is 1.42. The van der Waals surface area contributed by atoms with Gasteiger partial charge in [-0.15, -0.1) is 11.3 Å². The number of β-amino-alcohol motifs (C(OH)–C–C–N with tert-alkyl or cyclic N) is 1. The number of aliphatic hydroxyl groups excluding tert-OH is 1. The average molecular weight is 590 g/mol. The number of aliphatic imine (C=N–C) groups is 1. The fraction of sp³-hybridized carbons (Fsp3) is 0.600. The second-order valence-electron chi connectivity index (χ2n) is 13.5. The summed E-state index contributed by atoms with van der Waals surface area (Å²) in [4.78, 5) is 25.7. The van der Waals surface area contributed by atoms with Crippen molar-refractivity contribution in [1.82, 2.24) is 9.80 Å². The molecule has 2 N–H and O–H groups in total. The van der Waals surface area contributed by atoms with Crippen LogP contribution in [-0.2, 0) is 6.42 Å². The molecule has 5 aliphatic rings. The van der Waals surface area contributed by atoms with Crippen LogP contribution in [0.15, 0.2) is 47.0 Å². The summed E-state index contributed by atoms with van der Waals surface area (Å²) in [5, 5.41) is 23.6. The van der Waals surface area contributed by atoms with Gasteiger partial charge >= 0.3 is 0 Å². The van der Waals surface area contributed by atoms with E-state index in [1.165, 1.54) is 5.57 Å². The minimum absolute atomic E-state index is 0.0484. The molecule has 1 aromatic heterocycles.